The molecular formula is C17H20ClNS. The van der Waals surface area contributed by atoms with Crippen molar-refractivity contribution in [3.05, 3.63) is 50.7 Å². The van der Waals surface area contributed by atoms with Gasteiger partial charge < -0.3 is 5.32 Å². The van der Waals surface area contributed by atoms with Crippen LogP contribution in [0.1, 0.15) is 54.7 Å². The number of nitrogens with one attached hydrogen (secondary N) is 1. The Labute approximate surface area is 130 Å². The SMILES string of the molecule is CC(C)c1ccc(NC2CCCc3sc(Cl)cc32)cc1. The van der Waals surface area contributed by atoms with Gasteiger partial charge in [0, 0.05) is 10.6 Å². The van der Waals surface area contributed by atoms with E-state index in [1.54, 1.807) is 11.3 Å². The van der Waals surface area contributed by atoms with E-state index in [1.807, 2.05) is 0 Å². The highest BCUT2D eigenvalue weighted by atomic mass is 35.5. The fourth-order valence-electron chi connectivity index (χ4n) is 2.84. The number of anilines is 1. The Morgan fingerprint density at radius 3 is 2.70 bits per heavy atom. The van der Waals surface area contributed by atoms with E-state index < -0.39 is 0 Å². The van der Waals surface area contributed by atoms with Crippen molar-refractivity contribution >= 4 is 28.6 Å². The van der Waals surface area contributed by atoms with Crippen LogP contribution in [0.3, 0.4) is 0 Å². The summed E-state index contributed by atoms with van der Waals surface area (Å²) in [4.78, 5) is 1.46. The van der Waals surface area contributed by atoms with Crippen LogP contribution in [0.15, 0.2) is 30.3 Å². The maximum atomic E-state index is 6.17. The van der Waals surface area contributed by atoms with Gasteiger partial charge in [-0.15, -0.1) is 11.3 Å². The van der Waals surface area contributed by atoms with E-state index in [0.29, 0.717) is 12.0 Å². The van der Waals surface area contributed by atoms with Crippen LogP contribution in [-0.4, -0.2) is 0 Å². The van der Waals surface area contributed by atoms with Crippen LogP contribution in [0, 0.1) is 0 Å². The molecule has 0 saturated heterocycles. The number of hydrogen-bond acceptors (Lipinski definition) is 2. The van der Waals surface area contributed by atoms with Crippen LogP contribution in [0.2, 0.25) is 4.34 Å². The minimum absolute atomic E-state index is 0.410. The summed E-state index contributed by atoms with van der Waals surface area (Å²) in [5.74, 6) is 0.584. The molecule has 1 aliphatic carbocycles. The quantitative estimate of drug-likeness (QED) is 0.731. The molecule has 1 atom stereocenters. The molecule has 0 aliphatic heterocycles. The molecule has 0 fully saturated rings. The van der Waals surface area contributed by atoms with Gasteiger partial charge in [-0.3, -0.25) is 0 Å². The number of rotatable bonds is 3. The van der Waals surface area contributed by atoms with Crippen molar-refractivity contribution in [2.45, 2.75) is 45.1 Å². The number of fused-ring (bicyclic) bond motifs is 1. The first-order valence-electron chi connectivity index (χ1n) is 7.28. The summed E-state index contributed by atoms with van der Waals surface area (Å²) >= 11 is 7.90. The molecule has 0 spiro atoms. The van der Waals surface area contributed by atoms with E-state index >= 15 is 0 Å². The predicted octanol–water partition coefficient (Wildman–Crippen LogP) is 6.01. The van der Waals surface area contributed by atoms with Gasteiger partial charge in [0.1, 0.15) is 0 Å². The standard InChI is InChI=1S/C17H20ClNS/c1-11(2)12-6-8-13(9-7-12)19-15-4-3-5-16-14(15)10-17(18)20-16/h6-11,15,19H,3-5H2,1-2H3. The molecule has 1 aliphatic rings. The van der Waals surface area contributed by atoms with Gasteiger partial charge in [0.25, 0.3) is 0 Å². The van der Waals surface area contributed by atoms with Crippen LogP contribution in [0.25, 0.3) is 0 Å². The molecule has 20 heavy (non-hydrogen) atoms. The van der Waals surface area contributed by atoms with Crippen LogP contribution < -0.4 is 5.32 Å². The largest absolute Gasteiger partial charge is 0.378 e. The minimum Gasteiger partial charge on any atom is -0.378 e. The monoisotopic (exact) mass is 305 g/mol. The Kier molecular flexibility index (Phi) is 4.04. The molecule has 0 amide bonds. The second kappa shape index (κ2) is 5.79. The number of hydrogen-bond donors (Lipinski definition) is 1. The van der Waals surface area contributed by atoms with Gasteiger partial charge in [0.05, 0.1) is 10.4 Å². The fourth-order valence-corrected chi connectivity index (χ4v) is 4.22. The Morgan fingerprint density at radius 1 is 1.25 bits per heavy atom. The lowest BCUT2D eigenvalue weighted by atomic mass is 9.93. The zero-order valence-corrected chi connectivity index (χ0v) is 13.5. The summed E-state index contributed by atoms with van der Waals surface area (Å²) in [5.41, 5.74) is 3.99. The second-order valence-electron chi connectivity index (χ2n) is 5.79. The van der Waals surface area contributed by atoms with Crippen molar-refractivity contribution in [3.8, 4) is 0 Å². The lowest BCUT2D eigenvalue weighted by molar-refractivity contribution is 0.609. The summed E-state index contributed by atoms with van der Waals surface area (Å²) in [7, 11) is 0. The molecule has 2 aromatic rings. The molecule has 1 heterocycles. The van der Waals surface area contributed by atoms with Gasteiger partial charge >= 0.3 is 0 Å². The molecule has 1 nitrogen and oxygen atoms in total. The van der Waals surface area contributed by atoms with Gasteiger partial charge in [-0.2, -0.15) is 0 Å². The Hall–Kier alpha value is -0.990. The summed E-state index contributed by atoms with van der Waals surface area (Å²) in [5, 5.41) is 3.66. The molecule has 1 unspecified atom stereocenters. The van der Waals surface area contributed by atoms with E-state index in [0.717, 1.165) is 4.34 Å². The molecule has 1 aromatic heterocycles. The van der Waals surface area contributed by atoms with Crippen molar-refractivity contribution in [2.24, 2.45) is 0 Å². The second-order valence-corrected chi connectivity index (χ2v) is 7.56. The Balaban J connectivity index is 1.78. The van der Waals surface area contributed by atoms with Crippen LogP contribution in [0.5, 0.6) is 0 Å². The van der Waals surface area contributed by atoms with Crippen molar-refractivity contribution in [2.75, 3.05) is 5.32 Å². The number of halogens is 1. The van der Waals surface area contributed by atoms with E-state index in [4.69, 9.17) is 11.6 Å². The van der Waals surface area contributed by atoms with Gasteiger partial charge in [-0.1, -0.05) is 37.6 Å². The van der Waals surface area contributed by atoms with E-state index in [1.165, 1.54) is 41.0 Å². The normalized spacial score (nSPS) is 18.1. The van der Waals surface area contributed by atoms with Crippen LogP contribution in [-0.2, 0) is 6.42 Å². The third kappa shape index (κ3) is 2.87. The average molecular weight is 306 g/mol. The predicted molar refractivity (Wildman–Crippen MR) is 89.2 cm³/mol. The highest BCUT2D eigenvalue weighted by Gasteiger charge is 2.22. The maximum Gasteiger partial charge on any atom is 0.0934 e. The highest BCUT2D eigenvalue weighted by Crippen LogP contribution is 2.39. The maximum absolute atomic E-state index is 6.17. The van der Waals surface area contributed by atoms with Gasteiger partial charge in [-0.25, -0.2) is 0 Å². The average Bonchev–Trinajstić information content (AvgIpc) is 2.81. The van der Waals surface area contributed by atoms with Crippen LogP contribution in [0.4, 0.5) is 5.69 Å². The van der Waals surface area contributed by atoms with Gasteiger partial charge in [-0.05, 0) is 54.5 Å². The van der Waals surface area contributed by atoms with Gasteiger partial charge in [0.15, 0.2) is 0 Å². The van der Waals surface area contributed by atoms with Crippen molar-refractivity contribution in [3.63, 3.8) is 0 Å². The number of thiophene rings is 1. The van der Waals surface area contributed by atoms with Gasteiger partial charge in [0.2, 0.25) is 0 Å². The highest BCUT2D eigenvalue weighted by molar-refractivity contribution is 7.16. The first-order chi connectivity index (χ1) is 9.63. The number of aryl methyl sites for hydroxylation is 1. The van der Waals surface area contributed by atoms with Crippen molar-refractivity contribution in [1.29, 1.82) is 0 Å². The van der Waals surface area contributed by atoms with Crippen molar-refractivity contribution in [1.82, 2.24) is 0 Å². The smallest absolute Gasteiger partial charge is 0.0934 e. The van der Waals surface area contributed by atoms with E-state index in [-0.39, 0.29) is 0 Å². The summed E-state index contributed by atoms with van der Waals surface area (Å²) < 4.78 is 0.916. The lowest BCUT2D eigenvalue weighted by Crippen LogP contribution is -2.15. The lowest BCUT2D eigenvalue weighted by Gasteiger charge is -2.24. The first-order valence-corrected chi connectivity index (χ1v) is 8.47. The third-order valence-electron chi connectivity index (χ3n) is 4.00. The molecular weight excluding hydrogens is 286 g/mol. The number of benzene rings is 1. The van der Waals surface area contributed by atoms with E-state index in [9.17, 15) is 0 Å². The van der Waals surface area contributed by atoms with Crippen LogP contribution >= 0.6 is 22.9 Å². The topological polar surface area (TPSA) is 12.0 Å². The van der Waals surface area contributed by atoms with Crippen molar-refractivity contribution < 1.29 is 0 Å². The molecule has 0 bridgehead atoms. The Bertz CT molecular complexity index is 586. The molecule has 106 valence electrons. The summed E-state index contributed by atoms with van der Waals surface area (Å²) in [6, 6.07) is 11.4. The fraction of sp³-hybridized carbons (Fsp3) is 0.412. The molecule has 0 saturated carbocycles. The summed E-state index contributed by atoms with van der Waals surface area (Å²) in [6.45, 7) is 4.45. The molecule has 1 N–H and O–H groups in total. The zero-order valence-electron chi connectivity index (χ0n) is 11.9. The molecule has 1 aromatic carbocycles. The van der Waals surface area contributed by atoms with E-state index in [2.05, 4.69) is 49.5 Å². The minimum atomic E-state index is 0.410. The molecule has 3 heteroatoms. The Morgan fingerprint density at radius 2 is 2.00 bits per heavy atom. The third-order valence-corrected chi connectivity index (χ3v) is 5.34. The molecule has 3 rings (SSSR count). The molecule has 0 radical (unpaired) electrons. The zero-order chi connectivity index (χ0) is 14.1. The first kappa shape index (κ1) is 14.0. The summed E-state index contributed by atoms with van der Waals surface area (Å²) in [6.07, 6.45) is 3.61.